The van der Waals surface area contributed by atoms with E-state index in [1.807, 2.05) is 12.1 Å². The number of rotatable bonds is 2. The second kappa shape index (κ2) is 5.46. The van der Waals surface area contributed by atoms with Gasteiger partial charge in [-0.1, -0.05) is 18.9 Å². The predicted octanol–water partition coefficient (Wildman–Crippen LogP) is 3.38. The summed E-state index contributed by atoms with van der Waals surface area (Å²) in [6.45, 7) is 2.86. The minimum atomic E-state index is -0.486. The lowest BCUT2D eigenvalue weighted by Crippen LogP contribution is -2.35. The standard InChI is InChI=1S/C17H22N2O/c1-12(20)15-7-6-13(11-18)10-17(15)19-9-8-14-4-2-3-5-16(14)19/h6-7,10,12,14,16,20H,2-5,8-9H2,1H3. The van der Waals surface area contributed by atoms with E-state index in [-0.39, 0.29) is 0 Å². The Bertz CT molecular complexity index is 532. The second-order valence-corrected chi connectivity index (χ2v) is 6.16. The highest BCUT2D eigenvalue weighted by molar-refractivity contribution is 5.60. The van der Waals surface area contributed by atoms with Crippen LogP contribution in [0.5, 0.6) is 0 Å². The Morgan fingerprint density at radius 3 is 2.85 bits per heavy atom. The zero-order valence-corrected chi connectivity index (χ0v) is 12.0. The van der Waals surface area contributed by atoms with Gasteiger partial charge in [0.2, 0.25) is 0 Å². The van der Waals surface area contributed by atoms with Crippen molar-refractivity contribution in [1.29, 1.82) is 5.26 Å². The Balaban J connectivity index is 1.98. The Labute approximate surface area is 120 Å². The molecule has 1 aromatic rings. The van der Waals surface area contributed by atoms with Crippen LogP contribution >= 0.6 is 0 Å². The van der Waals surface area contributed by atoms with Crippen LogP contribution in [0.15, 0.2) is 18.2 Å². The molecule has 3 unspecified atom stereocenters. The molecule has 0 bridgehead atoms. The molecule has 3 atom stereocenters. The molecule has 0 radical (unpaired) electrons. The molecule has 0 amide bonds. The van der Waals surface area contributed by atoms with E-state index in [9.17, 15) is 5.11 Å². The summed E-state index contributed by atoms with van der Waals surface area (Å²) in [6, 6.07) is 8.50. The summed E-state index contributed by atoms with van der Waals surface area (Å²) in [5.41, 5.74) is 2.72. The maximum atomic E-state index is 10.0. The molecule has 1 aliphatic carbocycles. The molecule has 3 nitrogen and oxygen atoms in total. The number of anilines is 1. The van der Waals surface area contributed by atoms with Gasteiger partial charge in [-0.3, -0.25) is 0 Å². The first-order chi connectivity index (χ1) is 9.70. The zero-order valence-electron chi connectivity index (χ0n) is 12.0. The molecular formula is C17H22N2O. The lowest BCUT2D eigenvalue weighted by Gasteiger charge is -2.34. The van der Waals surface area contributed by atoms with Crippen LogP contribution in [0.2, 0.25) is 0 Å². The normalized spacial score (nSPS) is 26.9. The van der Waals surface area contributed by atoms with Gasteiger partial charge >= 0.3 is 0 Å². The molecule has 3 rings (SSSR count). The zero-order chi connectivity index (χ0) is 14.1. The van der Waals surface area contributed by atoms with Crippen molar-refractivity contribution in [2.24, 2.45) is 5.92 Å². The highest BCUT2D eigenvalue weighted by Crippen LogP contribution is 2.41. The predicted molar refractivity (Wildman–Crippen MR) is 79.5 cm³/mol. The van der Waals surface area contributed by atoms with Crippen molar-refractivity contribution in [2.75, 3.05) is 11.4 Å². The highest BCUT2D eigenvalue weighted by atomic mass is 16.3. The van der Waals surface area contributed by atoms with Crippen molar-refractivity contribution >= 4 is 5.69 Å². The Hall–Kier alpha value is -1.53. The number of hydrogen-bond donors (Lipinski definition) is 1. The molecule has 1 aliphatic heterocycles. The number of hydrogen-bond acceptors (Lipinski definition) is 3. The minimum Gasteiger partial charge on any atom is -0.389 e. The van der Waals surface area contributed by atoms with E-state index < -0.39 is 6.10 Å². The van der Waals surface area contributed by atoms with E-state index in [1.54, 1.807) is 13.0 Å². The van der Waals surface area contributed by atoms with Gasteiger partial charge in [-0.25, -0.2) is 0 Å². The number of fused-ring (bicyclic) bond motifs is 1. The molecule has 0 spiro atoms. The molecule has 0 aromatic heterocycles. The van der Waals surface area contributed by atoms with Gasteiger partial charge in [0.1, 0.15) is 0 Å². The third-order valence-corrected chi connectivity index (χ3v) is 4.93. The summed E-state index contributed by atoms with van der Waals surface area (Å²) in [6.07, 6.45) is 6.01. The maximum Gasteiger partial charge on any atom is 0.0992 e. The van der Waals surface area contributed by atoms with Crippen LogP contribution in [0.25, 0.3) is 0 Å². The maximum absolute atomic E-state index is 10.0. The summed E-state index contributed by atoms with van der Waals surface area (Å²) in [7, 11) is 0. The third kappa shape index (κ3) is 2.29. The average molecular weight is 270 g/mol. The smallest absolute Gasteiger partial charge is 0.0992 e. The van der Waals surface area contributed by atoms with Crippen LogP contribution in [0.3, 0.4) is 0 Å². The van der Waals surface area contributed by atoms with Gasteiger partial charge in [0.25, 0.3) is 0 Å². The van der Waals surface area contributed by atoms with Crippen LogP contribution < -0.4 is 4.90 Å². The fourth-order valence-corrected chi connectivity index (χ4v) is 3.92. The van der Waals surface area contributed by atoms with Gasteiger partial charge in [0.05, 0.1) is 17.7 Å². The first kappa shape index (κ1) is 13.5. The molecule has 1 aromatic carbocycles. The van der Waals surface area contributed by atoms with Crippen molar-refractivity contribution < 1.29 is 5.11 Å². The van der Waals surface area contributed by atoms with Gasteiger partial charge in [0, 0.05) is 23.8 Å². The monoisotopic (exact) mass is 270 g/mol. The summed E-state index contributed by atoms with van der Waals surface area (Å²) in [5, 5.41) is 19.2. The van der Waals surface area contributed by atoms with Crippen molar-refractivity contribution in [1.82, 2.24) is 0 Å². The summed E-state index contributed by atoms with van der Waals surface area (Å²) < 4.78 is 0. The highest BCUT2D eigenvalue weighted by Gasteiger charge is 2.36. The SMILES string of the molecule is CC(O)c1ccc(C#N)cc1N1CCC2CCCCC21. The number of aliphatic hydroxyl groups excluding tert-OH is 1. The number of benzene rings is 1. The van der Waals surface area contributed by atoms with Crippen LogP contribution in [0.1, 0.15) is 56.3 Å². The molecule has 3 heteroatoms. The van der Waals surface area contributed by atoms with E-state index in [0.717, 1.165) is 23.7 Å². The molecule has 2 aliphatic rings. The van der Waals surface area contributed by atoms with Crippen LogP contribution in [-0.2, 0) is 0 Å². The Morgan fingerprint density at radius 2 is 2.10 bits per heavy atom. The average Bonchev–Trinajstić information content (AvgIpc) is 2.90. The topological polar surface area (TPSA) is 47.3 Å². The first-order valence-corrected chi connectivity index (χ1v) is 7.69. The molecule has 1 heterocycles. The van der Waals surface area contributed by atoms with E-state index in [0.29, 0.717) is 11.6 Å². The van der Waals surface area contributed by atoms with E-state index in [1.165, 1.54) is 32.1 Å². The van der Waals surface area contributed by atoms with Crippen molar-refractivity contribution in [3.05, 3.63) is 29.3 Å². The lowest BCUT2D eigenvalue weighted by atomic mass is 9.85. The largest absolute Gasteiger partial charge is 0.389 e. The van der Waals surface area contributed by atoms with Gasteiger partial charge in [0.15, 0.2) is 0 Å². The molecule has 1 N–H and O–H groups in total. The summed E-state index contributed by atoms with van der Waals surface area (Å²) >= 11 is 0. The number of nitrogens with zero attached hydrogens (tertiary/aromatic N) is 2. The Kier molecular flexibility index (Phi) is 3.67. The van der Waals surface area contributed by atoms with Gasteiger partial charge < -0.3 is 10.0 Å². The summed E-state index contributed by atoms with van der Waals surface area (Å²) in [4.78, 5) is 2.45. The molecule has 1 saturated heterocycles. The van der Waals surface area contributed by atoms with Crippen molar-refractivity contribution in [2.45, 2.75) is 51.2 Å². The molecule has 2 fully saturated rings. The van der Waals surface area contributed by atoms with Crippen molar-refractivity contribution in [3.8, 4) is 6.07 Å². The minimum absolute atomic E-state index is 0.486. The van der Waals surface area contributed by atoms with Gasteiger partial charge in [-0.15, -0.1) is 0 Å². The quantitative estimate of drug-likeness (QED) is 0.896. The van der Waals surface area contributed by atoms with Gasteiger partial charge in [-0.05, 0) is 44.2 Å². The summed E-state index contributed by atoms with van der Waals surface area (Å²) in [5.74, 6) is 0.802. The fourth-order valence-electron chi connectivity index (χ4n) is 3.92. The molecular weight excluding hydrogens is 248 g/mol. The van der Waals surface area contributed by atoms with Gasteiger partial charge in [-0.2, -0.15) is 5.26 Å². The Morgan fingerprint density at radius 1 is 1.30 bits per heavy atom. The molecule has 1 saturated carbocycles. The molecule has 20 heavy (non-hydrogen) atoms. The van der Waals surface area contributed by atoms with E-state index in [4.69, 9.17) is 5.26 Å². The van der Waals surface area contributed by atoms with E-state index in [2.05, 4.69) is 11.0 Å². The van der Waals surface area contributed by atoms with Crippen LogP contribution in [0.4, 0.5) is 5.69 Å². The lowest BCUT2D eigenvalue weighted by molar-refractivity contribution is 0.199. The van der Waals surface area contributed by atoms with Crippen LogP contribution in [-0.4, -0.2) is 17.7 Å². The first-order valence-electron chi connectivity index (χ1n) is 7.69. The third-order valence-electron chi connectivity index (χ3n) is 4.93. The van der Waals surface area contributed by atoms with E-state index >= 15 is 0 Å². The number of nitriles is 1. The molecule has 106 valence electrons. The van der Waals surface area contributed by atoms with Crippen LogP contribution in [0, 0.1) is 17.2 Å². The second-order valence-electron chi connectivity index (χ2n) is 6.16. The number of aliphatic hydroxyl groups is 1. The van der Waals surface area contributed by atoms with Crippen molar-refractivity contribution in [3.63, 3.8) is 0 Å². The fraction of sp³-hybridized carbons (Fsp3) is 0.588.